The number of aromatic nitrogens is 1. The molecule has 0 bridgehead atoms. The molecule has 1 aromatic carbocycles. The summed E-state index contributed by atoms with van der Waals surface area (Å²) < 4.78 is 10.9. The van der Waals surface area contributed by atoms with E-state index in [1.807, 2.05) is 13.8 Å². The van der Waals surface area contributed by atoms with Gasteiger partial charge >= 0.3 is 0 Å². The van der Waals surface area contributed by atoms with E-state index in [1.165, 1.54) is 0 Å². The van der Waals surface area contributed by atoms with Crippen LogP contribution in [0.2, 0.25) is 5.02 Å². The van der Waals surface area contributed by atoms with Crippen LogP contribution in [0.1, 0.15) is 13.8 Å². The molecule has 1 heterocycles. The second-order valence-electron chi connectivity index (χ2n) is 3.46. The summed E-state index contributed by atoms with van der Waals surface area (Å²) in [4.78, 5) is 3.22. The van der Waals surface area contributed by atoms with Gasteiger partial charge in [-0.05, 0) is 32.1 Å². The quantitative estimate of drug-likeness (QED) is 0.813. The largest absolute Gasteiger partial charge is 0.487 e. The lowest BCUT2D eigenvalue weighted by molar-refractivity contribution is 0.242. The Morgan fingerprint density at radius 1 is 1.47 bits per heavy atom. The number of halogens is 1. The van der Waals surface area contributed by atoms with Gasteiger partial charge in [-0.25, -0.2) is 0 Å². The highest BCUT2D eigenvalue weighted by Crippen LogP contribution is 2.30. The van der Waals surface area contributed by atoms with Gasteiger partial charge in [-0.2, -0.15) is 0 Å². The first kappa shape index (κ1) is 10.5. The third-order valence-electron chi connectivity index (χ3n) is 1.81. The van der Waals surface area contributed by atoms with Gasteiger partial charge in [-0.3, -0.25) is 0 Å². The molecule has 0 aliphatic heterocycles. The number of rotatable bonds is 2. The Morgan fingerprint density at radius 3 is 2.87 bits per heavy atom. The van der Waals surface area contributed by atoms with Crippen LogP contribution >= 0.6 is 23.8 Å². The Balaban J connectivity index is 2.65. The zero-order chi connectivity index (χ0) is 11.0. The maximum atomic E-state index is 5.94. The molecule has 2 rings (SSSR count). The van der Waals surface area contributed by atoms with E-state index in [-0.39, 0.29) is 6.10 Å². The molecule has 0 amide bonds. The molecule has 5 heteroatoms. The summed E-state index contributed by atoms with van der Waals surface area (Å²) in [7, 11) is 0. The third kappa shape index (κ3) is 2.16. The van der Waals surface area contributed by atoms with Gasteiger partial charge in [0.05, 0.1) is 11.6 Å². The maximum absolute atomic E-state index is 5.94. The van der Waals surface area contributed by atoms with Crippen LogP contribution in [0.5, 0.6) is 5.75 Å². The number of hydrogen-bond donors (Lipinski definition) is 1. The van der Waals surface area contributed by atoms with Crippen LogP contribution in [0.4, 0.5) is 0 Å². The van der Waals surface area contributed by atoms with Crippen LogP contribution < -0.4 is 4.74 Å². The van der Waals surface area contributed by atoms with Crippen molar-refractivity contribution in [2.24, 2.45) is 0 Å². The van der Waals surface area contributed by atoms with Gasteiger partial charge < -0.3 is 14.1 Å². The van der Waals surface area contributed by atoms with Crippen molar-refractivity contribution < 1.29 is 9.15 Å². The Morgan fingerprint density at radius 2 is 2.20 bits per heavy atom. The summed E-state index contributed by atoms with van der Waals surface area (Å²) in [5.41, 5.74) is 1.36. The lowest BCUT2D eigenvalue weighted by Gasteiger charge is -2.09. The summed E-state index contributed by atoms with van der Waals surface area (Å²) >= 11 is 10.8. The van der Waals surface area contributed by atoms with Crippen molar-refractivity contribution in [2.75, 3.05) is 0 Å². The number of aromatic amines is 1. The fourth-order valence-electron chi connectivity index (χ4n) is 1.34. The smallest absolute Gasteiger partial charge is 0.267 e. The SMILES string of the molecule is CC(C)Oc1cc(Cl)cc2[nH]c(=S)oc12. The molecule has 80 valence electrons. The lowest BCUT2D eigenvalue weighted by Crippen LogP contribution is -2.05. The summed E-state index contributed by atoms with van der Waals surface area (Å²) in [5.74, 6) is 0.611. The molecule has 0 aliphatic rings. The van der Waals surface area contributed by atoms with Crippen LogP contribution in [0, 0.1) is 4.84 Å². The predicted octanol–water partition coefficient (Wildman–Crippen LogP) is 3.93. The van der Waals surface area contributed by atoms with Gasteiger partial charge in [0.15, 0.2) is 11.3 Å². The third-order valence-corrected chi connectivity index (χ3v) is 2.22. The molecule has 0 saturated heterocycles. The van der Waals surface area contributed by atoms with Crippen LogP contribution in [0.25, 0.3) is 11.1 Å². The van der Waals surface area contributed by atoms with Crippen molar-refractivity contribution in [3.05, 3.63) is 22.0 Å². The number of hydrogen-bond acceptors (Lipinski definition) is 3. The van der Waals surface area contributed by atoms with Crippen LogP contribution in [0.3, 0.4) is 0 Å². The molecule has 0 atom stereocenters. The molecule has 0 fully saturated rings. The molecule has 15 heavy (non-hydrogen) atoms. The van der Waals surface area contributed by atoms with E-state index in [4.69, 9.17) is 33.0 Å². The van der Waals surface area contributed by atoms with E-state index in [1.54, 1.807) is 12.1 Å². The Labute approximate surface area is 97.0 Å². The second-order valence-corrected chi connectivity index (χ2v) is 4.27. The number of fused-ring (bicyclic) bond motifs is 1. The number of ether oxygens (including phenoxy) is 1. The zero-order valence-corrected chi connectivity index (χ0v) is 9.91. The molecule has 0 unspecified atom stereocenters. The van der Waals surface area contributed by atoms with E-state index >= 15 is 0 Å². The van der Waals surface area contributed by atoms with Crippen molar-refractivity contribution in [3.63, 3.8) is 0 Å². The van der Waals surface area contributed by atoms with Crippen LogP contribution in [-0.2, 0) is 0 Å². The van der Waals surface area contributed by atoms with Crippen molar-refractivity contribution in [2.45, 2.75) is 20.0 Å². The van der Waals surface area contributed by atoms with Gasteiger partial charge in [0, 0.05) is 11.1 Å². The molecule has 0 saturated carbocycles. The number of nitrogens with one attached hydrogen (secondary N) is 1. The average Bonchev–Trinajstić information content (AvgIpc) is 2.44. The molecular formula is C10H10ClNO2S. The first-order valence-electron chi connectivity index (χ1n) is 4.55. The minimum absolute atomic E-state index is 0.0605. The predicted molar refractivity (Wildman–Crippen MR) is 62.2 cm³/mol. The highest BCUT2D eigenvalue weighted by Gasteiger charge is 2.10. The van der Waals surface area contributed by atoms with E-state index < -0.39 is 0 Å². The first-order chi connectivity index (χ1) is 7.06. The van der Waals surface area contributed by atoms with E-state index in [0.717, 1.165) is 5.52 Å². The number of oxazole rings is 1. The van der Waals surface area contributed by atoms with Gasteiger partial charge in [-0.1, -0.05) is 11.6 Å². The molecule has 3 nitrogen and oxygen atoms in total. The van der Waals surface area contributed by atoms with Crippen LogP contribution in [0.15, 0.2) is 16.5 Å². The summed E-state index contributed by atoms with van der Waals surface area (Å²) in [6.45, 7) is 3.88. The standard InChI is InChI=1S/C10H10ClNO2S/c1-5(2)13-8-4-6(11)3-7-9(8)14-10(15)12-7/h3-5H,1-2H3,(H,12,15). The van der Waals surface area contributed by atoms with Crippen molar-refractivity contribution in [1.82, 2.24) is 4.98 Å². The first-order valence-corrected chi connectivity index (χ1v) is 5.34. The summed E-state index contributed by atoms with van der Waals surface area (Å²) in [6, 6.07) is 3.47. The topological polar surface area (TPSA) is 38.2 Å². The summed E-state index contributed by atoms with van der Waals surface area (Å²) in [6.07, 6.45) is 0.0605. The molecule has 0 spiro atoms. The Hall–Kier alpha value is -1.00. The van der Waals surface area contributed by atoms with Gasteiger partial charge in [0.2, 0.25) is 0 Å². The van der Waals surface area contributed by atoms with E-state index in [9.17, 15) is 0 Å². The van der Waals surface area contributed by atoms with Gasteiger partial charge in [-0.15, -0.1) is 0 Å². The van der Waals surface area contributed by atoms with Gasteiger partial charge in [0.25, 0.3) is 4.84 Å². The molecular weight excluding hydrogens is 234 g/mol. The lowest BCUT2D eigenvalue weighted by atomic mass is 10.3. The highest BCUT2D eigenvalue weighted by atomic mass is 35.5. The maximum Gasteiger partial charge on any atom is 0.267 e. The molecule has 0 radical (unpaired) electrons. The fraction of sp³-hybridized carbons (Fsp3) is 0.300. The molecule has 0 aliphatic carbocycles. The minimum atomic E-state index is 0.0605. The summed E-state index contributed by atoms with van der Waals surface area (Å²) in [5, 5.41) is 0.588. The fourth-order valence-corrected chi connectivity index (χ4v) is 1.74. The number of benzene rings is 1. The van der Waals surface area contributed by atoms with E-state index in [2.05, 4.69) is 4.98 Å². The minimum Gasteiger partial charge on any atom is -0.487 e. The van der Waals surface area contributed by atoms with Crippen molar-refractivity contribution in [3.8, 4) is 5.75 Å². The Kier molecular flexibility index (Phi) is 2.71. The van der Waals surface area contributed by atoms with Crippen molar-refractivity contribution >= 4 is 34.9 Å². The Bertz CT molecular complexity index is 544. The highest BCUT2D eigenvalue weighted by molar-refractivity contribution is 7.71. The van der Waals surface area contributed by atoms with Gasteiger partial charge in [0.1, 0.15) is 0 Å². The van der Waals surface area contributed by atoms with E-state index in [0.29, 0.717) is 21.2 Å². The zero-order valence-electron chi connectivity index (χ0n) is 8.33. The number of H-pyrrole nitrogens is 1. The second kappa shape index (κ2) is 3.87. The molecule has 2 aromatic rings. The average molecular weight is 244 g/mol. The normalized spacial score (nSPS) is 11.2. The van der Waals surface area contributed by atoms with Crippen molar-refractivity contribution in [1.29, 1.82) is 0 Å². The molecule has 1 N–H and O–H groups in total. The monoisotopic (exact) mass is 243 g/mol. The molecule has 1 aromatic heterocycles. The van der Waals surface area contributed by atoms with Crippen LogP contribution in [-0.4, -0.2) is 11.1 Å².